The number of amides is 2. The molecule has 2 aliphatic heterocycles. The molecule has 0 aliphatic carbocycles. The molecule has 2 atom stereocenters. The van der Waals surface area contributed by atoms with Gasteiger partial charge in [-0.05, 0) is 34.2 Å². The maximum Gasteiger partial charge on any atom is 1.00 e. The van der Waals surface area contributed by atoms with Gasteiger partial charge in [0.15, 0.2) is 17.2 Å². The van der Waals surface area contributed by atoms with Crippen LogP contribution < -0.4 is 44.7 Å². The van der Waals surface area contributed by atoms with Gasteiger partial charge in [-0.1, -0.05) is 16.9 Å². The maximum absolute atomic E-state index is 12.8. The first-order valence-electron chi connectivity index (χ1n) is 9.90. The predicted molar refractivity (Wildman–Crippen MR) is 120 cm³/mol. The number of phenolic OH excluding ortho intramolecular Hbond substituents is 1. The van der Waals surface area contributed by atoms with Crippen LogP contribution in [-0.2, 0) is 21.4 Å². The Labute approximate surface area is 234 Å². The molecule has 1 unspecified atom stereocenters. The number of aromatic nitrogens is 4. The first-order valence-corrected chi connectivity index (χ1v) is 11.9. The number of phenols is 1. The van der Waals surface area contributed by atoms with E-state index in [1.165, 1.54) is 53.5 Å². The summed E-state index contributed by atoms with van der Waals surface area (Å²) < 4.78 is 6.43. The van der Waals surface area contributed by atoms with E-state index in [0.717, 1.165) is 4.90 Å². The van der Waals surface area contributed by atoms with Crippen molar-refractivity contribution in [3.63, 3.8) is 0 Å². The minimum atomic E-state index is -1.51. The molecule has 17 heteroatoms. The van der Waals surface area contributed by atoms with Gasteiger partial charge < -0.3 is 30.3 Å². The summed E-state index contributed by atoms with van der Waals surface area (Å²) in [6.07, 6.45) is 0. The molecule has 1 saturated heterocycles. The molecule has 3 N–H and O–H groups in total. The number of aromatic hydroxyl groups is 1. The Bertz CT molecular complexity index is 1270. The van der Waals surface area contributed by atoms with E-state index in [1.54, 1.807) is 7.05 Å². The molecule has 184 valence electrons. The van der Waals surface area contributed by atoms with E-state index in [4.69, 9.17) is 4.74 Å². The van der Waals surface area contributed by atoms with E-state index in [9.17, 15) is 29.8 Å². The molecule has 3 heterocycles. The molecule has 0 bridgehead atoms. The number of oxime groups is 1. The zero-order valence-corrected chi connectivity index (χ0v) is 22.9. The number of thioether (sulfide) groups is 2. The summed E-state index contributed by atoms with van der Waals surface area (Å²) in [6, 6.07) is 2.84. The number of methoxy groups -OCH3 is 1. The average Bonchev–Trinajstić information content (AvgIpc) is 3.26. The number of ether oxygens (including phenoxy) is 1. The van der Waals surface area contributed by atoms with Crippen molar-refractivity contribution in [3.8, 4) is 11.5 Å². The number of hydrogen-bond donors (Lipinski definition) is 3. The topological polar surface area (TPSA) is 195 Å². The van der Waals surface area contributed by atoms with Gasteiger partial charge in [-0.25, -0.2) is 4.68 Å². The summed E-state index contributed by atoms with van der Waals surface area (Å²) in [5, 5.41) is 47.4. The number of aryl methyl sites for hydroxylation is 1. The number of nitrogens with one attached hydrogen (secondary N) is 1. The van der Waals surface area contributed by atoms with Crippen LogP contribution in [0.1, 0.15) is 5.56 Å². The van der Waals surface area contributed by atoms with E-state index in [2.05, 4.69) is 26.0 Å². The zero-order valence-electron chi connectivity index (χ0n) is 19.2. The quantitative estimate of drug-likeness (QED) is 0.0720. The second-order valence-corrected chi connectivity index (χ2v) is 9.36. The molecule has 2 aliphatic rings. The normalized spacial score (nSPS) is 19.2. The Morgan fingerprint density at radius 1 is 1.42 bits per heavy atom. The van der Waals surface area contributed by atoms with Gasteiger partial charge in [-0.3, -0.25) is 14.5 Å². The van der Waals surface area contributed by atoms with E-state index < -0.39 is 34.9 Å². The minimum absolute atomic E-state index is 0. The number of carbonyl (C=O) groups excluding carboxylic acids is 3. The standard InChI is InChI=1S/C19H19N7O7S2.Na/c1-25-19(21-23-24-25)35-7-9-6-34-17-13(16(29)26(17)14(9)18(30)31)20-15(28)12(22-32)8-3-4-10(27)11(5-8)33-2;/h3-5,13,17,27,32H,6-7H2,1-2H3,(H,20,28)(H,30,31);/q;+1/p-1/t13?,17-;/m1./s1. The SMILES string of the molecule is COc1cc(C(=NO)C(=O)NC2C(=O)N3C(C(=O)[O-])=C(CSc4nnnn4C)CS[C@H]23)ccc1O.[Na+]. The third-order valence-electron chi connectivity index (χ3n) is 5.25. The molecular weight excluding hydrogens is 525 g/mol. The van der Waals surface area contributed by atoms with Crippen molar-refractivity contribution in [3.05, 3.63) is 35.0 Å². The number of fused-ring (bicyclic) bond motifs is 1. The second-order valence-electron chi connectivity index (χ2n) is 7.31. The van der Waals surface area contributed by atoms with Crippen LogP contribution in [0.15, 0.2) is 39.8 Å². The number of hydrogen-bond acceptors (Lipinski definition) is 13. The Morgan fingerprint density at radius 2 is 2.17 bits per heavy atom. The Kier molecular flexibility index (Phi) is 8.89. The molecule has 0 spiro atoms. The van der Waals surface area contributed by atoms with Crippen molar-refractivity contribution < 1.29 is 64.1 Å². The van der Waals surface area contributed by atoms with E-state index in [0.29, 0.717) is 10.7 Å². The number of tetrazole rings is 1. The summed E-state index contributed by atoms with van der Waals surface area (Å²) in [6.45, 7) is 0. The molecule has 1 fully saturated rings. The van der Waals surface area contributed by atoms with E-state index >= 15 is 0 Å². The summed E-state index contributed by atoms with van der Waals surface area (Å²) in [7, 11) is 2.96. The van der Waals surface area contributed by atoms with E-state index in [1.807, 2.05) is 0 Å². The van der Waals surface area contributed by atoms with E-state index in [-0.39, 0.29) is 63.8 Å². The smallest absolute Gasteiger partial charge is 0.543 e. The number of benzene rings is 1. The fourth-order valence-corrected chi connectivity index (χ4v) is 5.88. The first kappa shape index (κ1) is 27.8. The number of nitrogens with zero attached hydrogens (tertiary/aromatic N) is 6. The van der Waals surface area contributed by atoms with Gasteiger partial charge in [0.1, 0.15) is 11.4 Å². The van der Waals surface area contributed by atoms with Crippen LogP contribution in [0.5, 0.6) is 11.5 Å². The van der Waals surface area contributed by atoms with Crippen LogP contribution in [0.25, 0.3) is 0 Å². The third-order valence-corrected chi connectivity index (χ3v) is 7.69. The van der Waals surface area contributed by atoms with Crippen molar-refractivity contribution >= 4 is 47.0 Å². The van der Waals surface area contributed by atoms with Crippen LogP contribution in [0.4, 0.5) is 0 Å². The number of aliphatic carboxylic acids is 1. The molecule has 14 nitrogen and oxygen atoms in total. The molecule has 0 saturated carbocycles. The summed E-state index contributed by atoms with van der Waals surface area (Å²) in [5.41, 5.74) is -0.0646. The van der Waals surface area contributed by atoms with Gasteiger partial charge in [0, 0.05) is 24.1 Å². The molecule has 0 radical (unpaired) electrons. The zero-order chi connectivity index (χ0) is 25.3. The molecular formula is C19H18N7NaO7S2. The molecule has 2 aromatic rings. The van der Waals surface area contributed by atoms with Crippen LogP contribution >= 0.6 is 23.5 Å². The second kappa shape index (κ2) is 11.5. The van der Waals surface area contributed by atoms with Gasteiger partial charge in [0.25, 0.3) is 11.8 Å². The van der Waals surface area contributed by atoms with Crippen molar-refractivity contribution in [2.45, 2.75) is 16.6 Å². The molecule has 36 heavy (non-hydrogen) atoms. The fraction of sp³-hybridized carbons (Fsp3) is 0.316. The molecule has 1 aromatic carbocycles. The Morgan fingerprint density at radius 3 is 2.78 bits per heavy atom. The molecule has 4 rings (SSSR count). The Balaban J connectivity index is 0.00000361. The third kappa shape index (κ3) is 5.17. The van der Waals surface area contributed by atoms with Crippen molar-refractivity contribution in [2.24, 2.45) is 12.2 Å². The monoisotopic (exact) mass is 543 g/mol. The number of carboxylic acid groups (broad SMARTS) is 1. The van der Waals surface area contributed by atoms with Gasteiger partial charge >= 0.3 is 29.6 Å². The van der Waals surface area contributed by atoms with Gasteiger partial charge in [-0.15, -0.1) is 16.9 Å². The van der Waals surface area contributed by atoms with Crippen molar-refractivity contribution in [1.82, 2.24) is 30.4 Å². The van der Waals surface area contributed by atoms with Gasteiger partial charge in [0.05, 0.1) is 18.8 Å². The van der Waals surface area contributed by atoms with Crippen LogP contribution in [0.2, 0.25) is 0 Å². The van der Waals surface area contributed by atoms with Crippen molar-refractivity contribution in [1.29, 1.82) is 0 Å². The Hall–Kier alpha value is -2.79. The predicted octanol–water partition coefficient (Wildman–Crippen LogP) is -4.70. The van der Waals surface area contributed by atoms with Crippen molar-refractivity contribution in [2.75, 3.05) is 18.6 Å². The number of carboxylic acids is 1. The largest absolute Gasteiger partial charge is 1.00 e. The minimum Gasteiger partial charge on any atom is -0.543 e. The van der Waals surface area contributed by atoms with Gasteiger partial charge in [0.2, 0.25) is 5.16 Å². The summed E-state index contributed by atoms with van der Waals surface area (Å²) in [5.74, 6) is -2.64. The van der Waals surface area contributed by atoms with Crippen LogP contribution in [0, 0.1) is 0 Å². The average molecular weight is 544 g/mol. The fourth-order valence-electron chi connectivity index (χ4n) is 3.55. The number of rotatable bonds is 8. The van der Waals surface area contributed by atoms with Crippen LogP contribution in [0.3, 0.4) is 0 Å². The summed E-state index contributed by atoms with van der Waals surface area (Å²) in [4.78, 5) is 38.6. The van der Waals surface area contributed by atoms with Gasteiger partial charge in [-0.2, -0.15) is 0 Å². The number of carbonyl (C=O) groups is 3. The maximum atomic E-state index is 12.8. The number of β-lactam (4-membered cyclic amide) rings is 1. The first-order chi connectivity index (χ1) is 16.8. The molecule has 1 aromatic heterocycles. The van der Waals surface area contributed by atoms with Crippen LogP contribution in [-0.4, -0.2) is 88.9 Å². The molecule has 2 amide bonds. The summed E-state index contributed by atoms with van der Waals surface area (Å²) >= 11 is 2.49.